The quantitative estimate of drug-likeness (QED) is 0.822. The van der Waals surface area contributed by atoms with Crippen molar-refractivity contribution in [1.82, 2.24) is 5.32 Å². The molecule has 0 heterocycles. The van der Waals surface area contributed by atoms with Gasteiger partial charge in [0, 0.05) is 13.1 Å². The van der Waals surface area contributed by atoms with Crippen LogP contribution in [0.1, 0.15) is 38.8 Å². The molecule has 2 nitrogen and oxygen atoms in total. The van der Waals surface area contributed by atoms with E-state index in [1.54, 1.807) is 0 Å². The molecule has 0 fully saturated rings. The normalized spacial score (nSPS) is 13.7. The van der Waals surface area contributed by atoms with Gasteiger partial charge in [0.05, 0.1) is 6.10 Å². The smallest absolute Gasteiger partial charge is 0.0712 e. The molecule has 0 radical (unpaired) electrons. The highest BCUT2D eigenvalue weighted by atomic mass is 16.3. The largest absolute Gasteiger partial charge is 0.391 e. The van der Waals surface area contributed by atoms with Gasteiger partial charge in [0.2, 0.25) is 0 Å². The molecule has 1 aromatic rings. The van der Waals surface area contributed by atoms with E-state index in [0.29, 0.717) is 6.54 Å². The summed E-state index contributed by atoms with van der Waals surface area (Å²) in [6.45, 7) is 9.81. The molecule has 1 rings (SSSR count). The number of aliphatic hydroxyl groups is 1. The number of aliphatic hydroxyl groups excluding tert-OH is 1. The van der Waals surface area contributed by atoms with E-state index in [0.717, 1.165) is 13.0 Å². The van der Waals surface area contributed by atoms with Gasteiger partial charge in [-0.15, -0.1) is 0 Å². The molecule has 0 saturated carbocycles. The molecular weight excluding hydrogens is 210 g/mol. The second-order valence-electron chi connectivity index (χ2n) is 5.63. The molecule has 1 atom stereocenters. The van der Waals surface area contributed by atoms with Gasteiger partial charge in [-0.1, -0.05) is 52.0 Å². The van der Waals surface area contributed by atoms with Crippen LogP contribution in [0.4, 0.5) is 0 Å². The van der Waals surface area contributed by atoms with Gasteiger partial charge >= 0.3 is 0 Å². The topological polar surface area (TPSA) is 32.3 Å². The summed E-state index contributed by atoms with van der Waals surface area (Å²) >= 11 is 0. The van der Waals surface area contributed by atoms with E-state index in [1.807, 2.05) is 0 Å². The molecular formula is C15H25NO. The summed E-state index contributed by atoms with van der Waals surface area (Å²) in [5.41, 5.74) is 2.65. The van der Waals surface area contributed by atoms with Crippen molar-refractivity contribution in [1.29, 1.82) is 0 Å². The number of hydrogen-bond donors (Lipinski definition) is 2. The van der Waals surface area contributed by atoms with Gasteiger partial charge in [-0.05, 0) is 23.0 Å². The van der Waals surface area contributed by atoms with Gasteiger partial charge < -0.3 is 10.4 Å². The van der Waals surface area contributed by atoms with Crippen molar-refractivity contribution in [3.63, 3.8) is 0 Å². The van der Waals surface area contributed by atoms with E-state index in [9.17, 15) is 5.11 Å². The third kappa shape index (κ3) is 4.49. The molecule has 0 aromatic heterocycles. The van der Waals surface area contributed by atoms with E-state index in [4.69, 9.17) is 0 Å². The van der Waals surface area contributed by atoms with E-state index >= 15 is 0 Å². The van der Waals surface area contributed by atoms with Crippen molar-refractivity contribution in [2.75, 3.05) is 6.54 Å². The molecule has 0 aliphatic heterocycles. The fourth-order valence-corrected chi connectivity index (χ4v) is 1.72. The van der Waals surface area contributed by atoms with Crippen molar-refractivity contribution in [2.45, 2.75) is 46.8 Å². The fraction of sp³-hybridized carbons (Fsp3) is 0.600. The van der Waals surface area contributed by atoms with E-state index in [1.165, 1.54) is 11.1 Å². The van der Waals surface area contributed by atoms with E-state index < -0.39 is 0 Å². The maximum atomic E-state index is 9.93. The van der Waals surface area contributed by atoms with Crippen molar-refractivity contribution in [3.8, 4) is 0 Å². The first kappa shape index (κ1) is 14.2. The minimum atomic E-state index is -0.309. The number of aryl methyl sites for hydroxylation is 1. The second kappa shape index (κ2) is 6.18. The van der Waals surface area contributed by atoms with Crippen LogP contribution in [0.5, 0.6) is 0 Å². The third-order valence-corrected chi connectivity index (χ3v) is 3.15. The van der Waals surface area contributed by atoms with Gasteiger partial charge in [0.25, 0.3) is 0 Å². The molecule has 0 amide bonds. The van der Waals surface area contributed by atoms with Crippen molar-refractivity contribution < 1.29 is 5.11 Å². The zero-order chi connectivity index (χ0) is 12.9. The lowest BCUT2D eigenvalue weighted by atomic mass is 9.89. The van der Waals surface area contributed by atoms with Crippen LogP contribution in [0.3, 0.4) is 0 Å². The highest BCUT2D eigenvalue weighted by Crippen LogP contribution is 2.18. The Morgan fingerprint density at radius 2 is 1.76 bits per heavy atom. The molecule has 96 valence electrons. The Morgan fingerprint density at radius 1 is 1.18 bits per heavy atom. The molecule has 1 unspecified atom stereocenters. The molecule has 2 heteroatoms. The Bertz CT molecular complexity index is 341. The molecule has 0 spiro atoms. The number of rotatable bonds is 5. The van der Waals surface area contributed by atoms with Crippen LogP contribution in [-0.2, 0) is 13.0 Å². The molecule has 0 bridgehead atoms. The SMILES string of the molecule is CCc1ccccc1CNCC(O)C(C)(C)C. The average molecular weight is 235 g/mol. The number of hydrogen-bond acceptors (Lipinski definition) is 2. The Morgan fingerprint density at radius 3 is 2.29 bits per heavy atom. The van der Waals surface area contributed by atoms with Crippen LogP contribution in [0.2, 0.25) is 0 Å². The highest BCUT2D eigenvalue weighted by Gasteiger charge is 2.21. The molecule has 0 saturated heterocycles. The summed E-state index contributed by atoms with van der Waals surface area (Å²) in [6.07, 6.45) is 0.746. The predicted molar refractivity (Wildman–Crippen MR) is 73.0 cm³/mol. The lowest BCUT2D eigenvalue weighted by Crippen LogP contribution is -2.36. The predicted octanol–water partition coefficient (Wildman–Crippen LogP) is 2.75. The van der Waals surface area contributed by atoms with E-state index in [2.05, 4.69) is 57.3 Å². The van der Waals surface area contributed by atoms with Crippen molar-refractivity contribution in [3.05, 3.63) is 35.4 Å². The molecule has 17 heavy (non-hydrogen) atoms. The van der Waals surface area contributed by atoms with Crippen LogP contribution in [-0.4, -0.2) is 17.8 Å². The van der Waals surface area contributed by atoms with Crippen molar-refractivity contribution >= 4 is 0 Å². The van der Waals surface area contributed by atoms with Gasteiger partial charge in [0.1, 0.15) is 0 Å². The van der Waals surface area contributed by atoms with Gasteiger partial charge in [0.15, 0.2) is 0 Å². The standard InChI is InChI=1S/C15H25NO/c1-5-12-8-6-7-9-13(12)10-16-11-14(17)15(2,3)4/h6-9,14,16-17H,5,10-11H2,1-4H3. The number of nitrogens with one attached hydrogen (secondary N) is 1. The zero-order valence-corrected chi connectivity index (χ0v) is 11.5. The summed E-state index contributed by atoms with van der Waals surface area (Å²) in [4.78, 5) is 0. The Balaban J connectivity index is 2.46. The van der Waals surface area contributed by atoms with Gasteiger partial charge in [-0.3, -0.25) is 0 Å². The minimum absolute atomic E-state index is 0.0583. The lowest BCUT2D eigenvalue weighted by Gasteiger charge is -2.26. The zero-order valence-electron chi connectivity index (χ0n) is 11.5. The van der Waals surface area contributed by atoms with Crippen LogP contribution < -0.4 is 5.32 Å². The first-order valence-corrected chi connectivity index (χ1v) is 6.40. The second-order valence-corrected chi connectivity index (χ2v) is 5.63. The number of benzene rings is 1. The van der Waals surface area contributed by atoms with Crippen LogP contribution in [0.15, 0.2) is 24.3 Å². The Kier molecular flexibility index (Phi) is 5.16. The van der Waals surface area contributed by atoms with Gasteiger partial charge in [-0.25, -0.2) is 0 Å². The minimum Gasteiger partial charge on any atom is -0.391 e. The summed E-state index contributed by atoms with van der Waals surface area (Å²) in [7, 11) is 0. The molecule has 0 aliphatic carbocycles. The fourth-order valence-electron chi connectivity index (χ4n) is 1.72. The van der Waals surface area contributed by atoms with Crippen LogP contribution in [0, 0.1) is 5.41 Å². The lowest BCUT2D eigenvalue weighted by molar-refractivity contribution is 0.0627. The van der Waals surface area contributed by atoms with E-state index in [-0.39, 0.29) is 11.5 Å². The maximum absolute atomic E-state index is 9.93. The summed E-state index contributed by atoms with van der Waals surface area (Å²) in [5, 5.41) is 13.3. The molecule has 0 aliphatic rings. The van der Waals surface area contributed by atoms with Crippen LogP contribution in [0.25, 0.3) is 0 Å². The first-order valence-electron chi connectivity index (χ1n) is 6.40. The summed E-state index contributed by atoms with van der Waals surface area (Å²) in [6, 6.07) is 8.45. The summed E-state index contributed by atoms with van der Waals surface area (Å²) in [5.74, 6) is 0. The molecule has 2 N–H and O–H groups in total. The summed E-state index contributed by atoms with van der Waals surface area (Å²) < 4.78 is 0. The van der Waals surface area contributed by atoms with Crippen LogP contribution >= 0.6 is 0 Å². The average Bonchev–Trinajstić information content (AvgIpc) is 2.28. The Hall–Kier alpha value is -0.860. The van der Waals surface area contributed by atoms with Crippen molar-refractivity contribution in [2.24, 2.45) is 5.41 Å². The Labute approximate surface area is 105 Å². The maximum Gasteiger partial charge on any atom is 0.0712 e. The first-order chi connectivity index (χ1) is 7.95. The molecule has 1 aromatic carbocycles. The highest BCUT2D eigenvalue weighted by molar-refractivity contribution is 5.26. The monoisotopic (exact) mass is 235 g/mol. The van der Waals surface area contributed by atoms with Gasteiger partial charge in [-0.2, -0.15) is 0 Å². The third-order valence-electron chi connectivity index (χ3n) is 3.15.